The number of fused-ring (bicyclic) bond motifs is 1. The summed E-state index contributed by atoms with van der Waals surface area (Å²) in [5.41, 5.74) is 2.86. The lowest BCUT2D eigenvalue weighted by Gasteiger charge is -2.49. The van der Waals surface area contributed by atoms with E-state index < -0.39 is 11.6 Å². The number of hydrogen-bond acceptors (Lipinski definition) is 7. The summed E-state index contributed by atoms with van der Waals surface area (Å²) >= 11 is 0. The van der Waals surface area contributed by atoms with Crippen LogP contribution in [-0.2, 0) is 0 Å². The number of rotatable bonds is 6. The van der Waals surface area contributed by atoms with Crippen LogP contribution in [0.25, 0.3) is 22.3 Å². The van der Waals surface area contributed by atoms with Crippen LogP contribution in [0.2, 0.25) is 0 Å². The standard InChI is InChI=1S/C29H34F2N8/c1-17(2)39-19(4)35-27-22(30)11-21(12-24(27)39)26-23(31)14-34-28(37-26)36-25-6-5-20(13-33-25)18(3)38-9-7-29(8-10-38)15-32-16-29/h5-6,11-14,17-18,32H,7-10,15-16H2,1-4H3,(H,33,34,36,37). The Balaban J connectivity index is 1.21. The highest BCUT2D eigenvalue weighted by Crippen LogP contribution is 2.37. The SMILES string of the molecule is Cc1nc2c(F)cc(-c3nc(Nc4ccc(C(C)N5CCC6(CC5)CNC6)cn4)ncc3F)cc2n1C(C)C. The molecule has 2 saturated heterocycles. The molecule has 4 aromatic rings. The average molecular weight is 533 g/mol. The van der Waals surface area contributed by atoms with Crippen molar-refractivity contribution in [2.45, 2.75) is 52.6 Å². The van der Waals surface area contributed by atoms with Crippen LogP contribution in [0.15, 0.2) is 36.7 Å². The Morgan fingerprint density at radius 3 is 2.38 bits per heavy atom. The quantitative estimate of drug-likeness (QED) is 0.337. The van der Waals surface area contributed by atoms with E-state index in [1.807, 2.05) is 37.6 Å². The third kappa shape index (κ3) is 4.76. The highest BCUT2D eigenvalue weighted by molar-refractivity contribution is 5.83. The van der Waals surface area contributed by atoms with E-state index >= 15 is 0 Å². The van der Waals surface area contributed by atoms with Gasteiger partial charge < -0.3 is 15.2 Å². The summed E-state index contributed by atoms with van der Waals surface area (Å²) in [5, 5.41) is 6.49. The highest BCUT2D eigenvalue weighted by Gasteiger charge is 2.40. The van der Waals surface area contributed by atoms with Crippen molar-refractivity contribution in [3.05, 3.63) is 59.7 Å². The largest absolute Gasteiger partial charge is 0.326 e. The Bertz CT molecular complexity index is 1500. The maximum atomic E-state index is 15.0. The molecule has 1 spiro atoms. The number of nitrogens with one attached hydrogen (secondary N) is 2. The predicted octanol–water partition coefficient (Wildman–Crippen LogP) is 5.55. The summed E-state index contributed by atoms with van der Waals surface area (Å²) in [6, 6.07) is 7.28. The Morgan fingerprint density at radius 2 is 1.74 bits per heavy atom. The van der Waals surface area contributed by atoms with Crippen LogP contribution in [0, 0.1) is 24.0 Å². The molecule has 0 amide bonds. The first-order chi connectivity index (χ1) is 18.7. The molecule has 0 saturated carbocycles. The number of benzene rings is 1. The van der Waals surface area contributed by atoms with E-state index in [0.717, 1.165) is 37.9 Å². The third-order valence-corrected chi connectivity index (χ3v) is 8.37. The van der Waals surface area contributed by atoms with Crippen molar-refractivity contribution in [2.24, 2.45) is 5.41 Å². The Kier molecular flexibility index (Phi) is 6.55. The molecule has 1 atom stereocenters. The zero-order valence-corrected chi connectivity index (χ0v) is 22.8. The summed E-state index contributed by atoms with van der Waals surface area (Å²) in [7, 11) is 0. The van der Waals surface area contributed by atoms with Gasteiger partial charge in [0.05, 0.1) is 11.7 Å². The van der Waals surface area contributed by atoms with Crippen molar-refractivity contribution in [3.63, 3.8) is 0 Å². The lowest BCUT2D eigenvalue weighted by Crippen LogP contribution is -2.58. The summed E-state index contributed by atoms with van der Waals surface area (Å²) in [6.45, 7) is 12.5. The summed E-state index contributed by atoms with van der Waals surface area (Å²) < 4.78 is 31.8. The smallest absolute Gasteiger partial charge is 0.229 e. The maximum Gasteiger partial charge on any atom is 0.229 e. The van der Waals surface area contributed by atoms with Crippen LogP contribution < -0.4 is 10.6 Å². The van der Waals surface area contributed by atoms with Gasteiger partial charge in [-0.25, -0.2) is 28.7 Å². The molecule has 39 heavy (non-hydrogen) atoms. The van der Waals surface area contributed by atoms with E-state index in [-0.39, 0.29) is 29.2 Å². The number of aromatic nitrogens is 5. The minimum absolute atomic E-state index is 0.0113. The fraction of sp³-hybridized carbons (Fsp3) is 0.448. The number of hydrogen-bond donors (Lipinski definition) is 2. The Morgan fingerprint density at radius 1 is 0.974 bits per heavy atom. The van der Waals surface area contributed by atoms with Crippen molar-refractivity contribution in [1.29, 1.82) is 0 Å². The minimum atomic E-state index is -0.634. The van der Waals surface area contributed by atoms with E-state index in [2.05, 4.69) is 48.5 Å². The first-order valence-corrected chi connectivity index (χ1v) is 13.6. The fourth-order valence-corrected chi connectivity index (χ4v) is 5.96. The summed E-state index contributed by atoms with van der Waals surface area (Å²) in [4.78, 5) is 19.9. The van der Waals surface area contributed by atoms with Crippen molar-refractivity contribution < 1.29 is 8.78 Å². The van der Waals surface area contributed by atoms with Gasteiger partial charge in [0.25, 0.3) is 0 Å². The summed E-state index contributed by atoms with van der Waals surface area (Å²) in [6.07, 6.45) is 5.43. The topological polar surface area (TPSA) is 83.8 Å². The lowest BCUT2D eigenvalue weighted by atomic mass is 9.73. The molecular formula is C29H34F2N8. The second kappa shape index (κ2) is 9.91. The van der Waals surface area contributed by atoms with Crippen LogP contribution in [0.5, 0.6) is 0 Å². The molecule has 2 aliphatic heterocycles. The van der Waals surface area contributed by atoms with Crippen LogP contribution in [0.4, 0.5) is 20.5 Å². The predicted molar refractivity (Wildman–Crippen MR) is 148 cm³/mol. The van der Waals surface area contributed by atoms with Gasteiger partial charge in [0.1, 0.15) is 22.9 Å². The van der Waals surface area contributed by atoms with Crippen LogP contribution in [0.1, 0.15) is 57.1 Å². The molecule has 2 aliphatic rings. The number of pyridine rings is 1. The summed E-state index contributed by atoms with van der Waals surface area (Å²) in [5.74, 6) is 0.285. The number of halogens is 2. The second-order valence-electron chi connectivity index (χ2n) is 11.3. The van der Waals surface area contributed by atoms with Gasteiger partial charge in [-0.1, -0.05) is 6.07 Å². The Labute approximate surface area is 226 Å². The zero-order chi connectivity index (χ0) is 27.3. The van der Waals surface area contributed by atoms with E-state index in [4.69, 9.17) is 0 Å². The van der Waals surface area contributed by atoms with Gasteiger partial charge in [0.2, 0.25) is 5.95 Å². The average Bonchev–Trinajstić information content (AvgIpc) is 3.25. The van der Waals surface area contributed by atoms with Gasteiger partial charge >= 0.3 is 0 Å². The first-order valence-electron chi connectivity index (χ1n) is 13.6. The van der Waals surface area contributed by atoms with E-state index in [9.17, 15) is 8.78 Å². The third-order valence-electron chi connectivity index (χ3n) is 8.37. The van der Waals surface area contributed by atoms with Gasteiger partial charge in [0, 0.05) is 36.9 Å². The van der Waals surface area contributed by atoms with Gasteiger partial charge in [-0.05, 0) is 82.8 Å². The highest BCUT2D eigenvalue weighted by atomic mass is 19.1. The van der Waals surface area contributed by atoms with Crippen molar-refractivity contribution >= 4 is 22.8 Å². The first kappa shape index (κ1) is 25.8. The van der Waals surface area contributed by atoms with Crippen LogP contribution in [-0.4, -0.2) is 55.6 Å². The second-order valence-corrected chi connectivity index (χ2v) is 11.3. The van der Waals surface area contributed by atoms with Crippen LogP contribution >= 0.6 is 0 Å². The van der Waals surface area contributed by atoms with Gasteiger partial charge in [-0.3, -0.25) is 4.90 Å². The fourth-order valence-electron chi connectivity index (χ4n) is 5.96. The number of imidazole rings is 1. The molecule has 3 aromatic heterocycles. The molecule has 1 unspecified atom stereocenters. The van der Waals surface area contributed by atoms with E-state index in [0.29, 0.717) is 28.1 Å². The molecule has 0 radical (unpaired) electrons. The molecule has 8 nitrogen and oxygen atoms in total. The van der Waals surface area contributed by atoms with Crippen molar-refractivity contribution in [1.82, 2.24) is 34.7 Å². The number of likely N-dealkylation sites (tertiary alicyclic amines) is 1. The minimum Gasteiger partial charge on any atom is -0.326 e. The van der Waals surface area contributed by atoms with E-state index in [1.165, 1.54) is 18.9 Å². The van der Waals surface area contributed by atoms with Crippen LogP contribution in [0.3, 0.4) is 0 Å². The number of piperidine rings is 1. The molecule has 0 bridgehead atoms. The molecular weight excluding hydrogens is 498 g/mol. The molecule has 2 N–H and O–H groups in total. The van der Waals surface area contributed by atoms with Gasteiger partial charge in [0.15, 0.2) is 11.6 Å². The zero-order valence-electron chi connectivity index (χ0n) is 22.8. The monoisotopic (exact) mass is 532 g/mol. The number of anilines is 2. The molecule has 5 heterocycles. The molecule has 0 aliphatic carbocycles. The van der Waals surface area contributed by atoms with Crippen molar-refractivity contribution in [3.8, 4) is 11.3 Å². The van der Waals surface area contributed by atoms with Crippen molar-refractivity contribution in [2.75, 3.05) is 31.5 Å². The molecule has 2 fully saturated rings. The number of nitrogens with zero attached hydrogens (tertiary/aromatic N) is 6. The van der Waals surface area contributed by atoms with Gasteiger partial charge in [-0.2, -0.15) is 0 Å². The Hall–Kier alpha value is -3.50. The molecule has 6 rings (SSSR count). The maximum absolute atomic E-state index is 15.0. The lowest BCUT2D eigenvalue weighted by molar-refractivity contribution is 0.0379. The normalized spacial score (nSPS) is 18.0. The molecule has 204 valence electrons. The molecule has 1 aromatic carbocycles. The molecule has 10 heteroatoms. The number of aryl methyl sites for hydroxylation is 1. The van der Waals surface area contributed by atoms with Gasteiger partial charge in [-0.15, -0.1) is 0 Å². The van der Waals surface area contributed by atoms with E-state index in [1.54, 1.807) is 6.07 Å².